The summed E-state index contributed by atoms with van der Waals surface area (Å²) < 4.78 is 13.5. The summed E-state index contributed by atoms with van der Waals surface area (Å²) in [4.78, 5) is 2.48. The van der Waals surface area contributed by atoms with E-state index in [0.717, 1.165) is 34.5 Å². The minimum absolute atomic E-state index is 0.0962. The molecule has 1 aliphatic carbocycles. The van der Waals surface area contributed by atoms with Crippen LogP contribution in [0.15, 0.2) is 43.0 Å². The van der Waals surface area contributed by atoms with E-state index in [2.05, 4.69) is 50.4 Å². The van der Waals surface area contributed by atoms with Crippen LogP contribution in [0.25, 0.3) is 5.70 Å². The molecule has 1 atom stereocenters. The van der Waals surface area contributed by atoms with Crippen molar-refractivity contribution < 1.29 is 4.39 Å². The summed E-state index contributed by atoms with van der Waals surface area (Å²) in [6.07, 6.45) is 5.72. The van der Waals surface area contributed by atoms with Gasteiger partial charge in [-0.2, -0.15) is 0 Å². The average Bonchev–Trinajstić information content (AvgIpc) is 2.68. The maximum absolute atomic E-state index is 13.5. The molecule has 0 N–H and O–H groups in total. The van der Waals surface area contributed by atoms with Gasteiger partial charge in [-0.1, -0.05) is 53.3 Å². The van der Waals surface area contributed by atoms with Gasteiger partial charge < -0.3 is 4.90 Å². The van der Waals surface area contributed by atoms with Crippen LogP contribution in [0.5, 0.6) is 0 Å². The maximum Gasteiger partial charge on any atom is 0.123 e. The summed E-state index contributed by atoms with van der Waals surface area (Å²) in [6, 6.07) is 12.3. The smallest absolute Gasteiger partial charge is 0.123 e. The minimum Gasteiger partial charge on any atom is -0.371 e. The number of benzene rings is 2. The molecule has 1 spiro atoms. The molecule has 0 aromatic heterocycles. The first-order chi connectivity index (χ1) is 13.8. The molecule has 4 rings (SSSR count). The zero-order valence-corrected chi connectivity index (χ0v) is 19.0. The lowest BCUT2D eigenvalue weighted by atomic mass is 9.66. The van der Waals surface area contributed by atoms with Crippen LogP contribution >= 0.6 is 8.58 Å². The first-order valence-electron chi connectivity index (χ1n) is 10.9. The number of likely N-dealkylation sites (tertiary alicyclic amines) is 1. The Kier molecular flexibility index (Phi) is 5.85. The van der Waals surface area contributed by atoms with Gasteiger partial charge in [0, 0.05) is 24.4 Å². The molecule has 1 fully saturated rings. The fourth-order valence-corrected chi connectivity index (χ4v) is 6.30. The Bertz CT molecular complexity index is 909. The first-order valence-corrected chi connectivity index (χ1v) is 12.0. The number of halogens is 1. The molecule has 1 aliphatic heterocycles. The van der Waals surface area contributed by atoms with Crippen molar-refractivity contribution in [2.24, 2.45) is 5.41 Å². The van der Waals surface area contributed by atoms with Crippen LogP contribution in [0.2, 0.25) is 0 Å². The Morgan fingerprint density at radius 2 is 1.83 bits per heavy atom. The van der Waals surface area contributed by atoms with Crippen molar-refractivity contribution >= 4 is 19.6 Å². The molecule has 1 heterocycles. The van der Waals surface area contributed by atoms with Crippen LogP contribution < -0.4 is 5.30 Å². The highest BCUT2D eigenvalue weighted by Gasteiger charge is 2.37. The van der Waals surface area contributed by atoms with Crippen molar-refractivity contribution in [3.05, 3.63) is 71.0 Å². The standard InChI is InChI=1S/C26H33FNP/c1-18(2)29-24-7-8-25(19(3)15-24)20(4)28-13-11-26(12-14-28)10-9-21-16-23(27)6-5-22(21)17-26/h5-8,15-16,18,29H,4,9-14,17H2,1-3H3. The summed E-state index contributed by atoms with van der Waals surface area (Å²) in [6.45, 7) is 13.4. The summed E-state index contributed by atoms with van der Waals surface area (Å²) in [5.74, 6) is -0.0962. The Morgan fingerprint density at radius 1 is 1.07 bits per heavy atom. The second-order valence-electron chi connectivity index (χ2n) is 9.35. The molecule has 2 aromatic rings. The third kappa shape index (κ3) is 4.43. The zero-order chi connectivity index (χ0) is 20.6. The van der Waals surface area contributed by atoms with E-state index in [0.29, 0.717) is 11.1 Å². The average molecular weight is 410 g/mol. The molecule has 1 saturated heterocycles. The monoisotopic (exact) mass is 409 g/mol. The van der Waals surface area contributed by atoms with Crippen LogP contribution in [0, 0.1) is 18.2 Å². The summed E-state index contributed by atoms with van der Waals surface area (Å²) in [7, 11) is 0.870. The third-order valence-electron chi connectivity index (χ3n) is 6.86. The van der Waals surface area contributed by atoms with E-state index >= 15 is 0 Å². The molecule has 1 nitrogen and oxygen atoms in total. The number of nitrogens with zero attached hydrogens (tertiary/aromatic N) is 1. The topological polar surface area (TPSA) is 3.24 Å². The molecule has 0 radical (unpaired) electrons. The molecule has 29 heavy (non-hydrogen) atoms. The van der Waals surface area contributed by atoms with E-state index in [4.69, 9.17) is 0 Å². The van der Waals surface area contributed by atoms with Gasteiger partial charge in [-0.15, -0.1) is 0 Å². The predicted molar refractivity (Wildman–Crippen MR) is 125 cm³/mol. The first kappa shape index (κ1) is 20.6. The van der Waals surface area contributed by atoms with Crippen molar-refractivity contribution in [1.82, 2.24) is 4.90 Å². The van der Waals surface area contributed by atoms with Gasteiger partial charge in [-0.25, -0.2) is 4.39 Å². The van der Waals surface area contributed by atoms with Crippen LogP contribution in [-0.4, -0.2) is 23.6 Å². The van der Waals surface area contributed by atoms with Gasteiger partial charge in [0.05, 0.1) is 0 Å². The largest absolute Gasteiger partial charge is 0.371 e. The lowest BCUT2D eigenvalue weighted by Crippen LogP contribution is -2.42. The molecule has 2 aromatic carbocycles. The molecule has 1 unspecified atom stereocenters. The van der Waals surface area contributed by atoms with Crippen molar-refractivity contribution in [2.45, 2.75) is 58.5 Å². The lowest BCUT2D eigenvalue weighted by Gasteiger charge is -2.46. The number of aryl methyl sites for hydroxylation is 2. The van der Waals surface area contributed by atoms with Gasteiger partial charge in [0.1, 0.15) is 5.82 Å². The summed E-state index contributed by atoms with van der Waals surface area (Å²) in [5.41, 5.74) is 7.49. The SMILES string of the molecule is C=C(c1ccc(PC(C)C)cc1C)N1CCC2(CCc3cc(F)ccc3C2)CC1. The van der Waals surface area contributed by atoms with E-state index in [1.807, 2.05) is 6.07 Å². The number of rotatable bonds is 4. The third-order valence-corrected chi connectivity index (χ3v) is 8.08. The number of fused-ring (bicyclic) bond motifs is 1. The van der Waals surface area contributed by atoms with Crippen LogP contribution in [0.1, 0.15) is 55.4 Å². The van der Waals surface area contributed by atoms with Crippen LogP contribution in [-0.2, 0) is 12.8 Å². The van der Waals surface area contributed by atoms with Gasteiger partial charge in [-0.05, 0) is 84.2 Å². The Hall–Kier alpha value is -1.66. The highest BCUT2D eigenvalue weighted by molar-refractivity contribution is 7.47. The highest BCUT2D eigenvalue weighted by Crippen LogP contribution is 2.44. The van der Waals surface area contributed by atoms with Crippen molar-refractivity contribution in [3.8, 4) is 0 Å². The number of piperidine rings is 1. The maximum atomic E-state index is 13.5. The van der Waals surface area contributed by atoms with Gasteiger partial charge in [0.2, 0.25) is 0 Å². The predicted octanol–water partition coefficient (Wildman–Crippen LogP) is 6.09. The van der Waals surface area contributed by atoms with Gasteiger partial charge in [0.25, 0.3) is 0 Å². The van der Waals surface area contributed by atoms with E-state index in [-0.39, 0.29) is 5.82 Å². The van der Waals surface area contributed by atoms with E-state index in [1.165, 1.54) is 52.5 Å². The molecule has 0 amide bonds. The van der Waals surface area contributed by atoms with Crippen molar-refractivity contribution in [2.75, 3.05) is 13.1 Å². The Labute approximate surface area is 177 Å². The second-order valence-corrected chi connectivity index (χ2v) is 11.4. The molecule has 2 aliphatic rings. The summed E-state index contributed by atoms with van der Waals surface area (Å²) in [5, 5.41) is 1.45. The molecule has 0 saturated carbocycles. The quantitative estimate of drug-likeness (QED) is 0.553. The summed E-state index contributed by atoms with van der Waals surface area (Å²) >= 11 is 0. The fourth-order valence-electron chi connectivity index (χ4n) is 5.15. The Balaban J connectivity index is 1.42. The van der Waals surface area contributed by atoms with Crippen LogP contribution in [0.4, 0.5) is 4.39 Å². The molecular weight excluding hydrogens is 376 g/mol. The van der Waals surface area contributed by atoms with Gasteiger partial charge >= 0.3 is 0 Å². The van der Waals surface area contributed by atoms with Gasteiger partial charge in [0.15, 0.2) is 0 Å². The van der Waals surface area contributed by atoms with Gasteiger partial charge in [-0.3, -0.25) is 0 Å². The van der Waals surface area contributed by atoms with Crippen LogP contribution in [0.3, 0.4) is 0 Å². The molecular formula is C26H33FNP. The van der Waals surface area contributed by atoms with E-state index in [9.17, 15) is 4.39 Å². The Morgan fingerprint density at radius 3 is 2.52 bits per heavy atom. The van der Waals surface area contributed by atoms with E-state index in [1.54, 1.807) is 12.1 Å². The van der Waals surface area contributed by atoms with Crippen molar-refractivity contribution in [3.63, 3.8) is 0 Å². The molecule has 0 bridgehead atoms. The number of hydrogen-bond acceptors (Lipinski definition) is 1. The fraction of sp³-hybridized carbons (Fsp3) is 0.462. The lowest BCUT2D eigenvalue weighted by molar-refractivity contribution is 0.123. The second kappa shape index (κ2) is 8.23. The normalized spacial score (nSPS) is 18.6. The zero-order valence-electron chi connectivity index (χ0n) is 18.0. The molecule has 3 heteroatoms. The minimum atomic E-state index is -0.0962. The number of hydrogen-bond donors (Lipinski definition) is 0. The van der Waals surface area contributed by atoms with E-state index < -0.39 is 0 Å². The highest BCUT2D eigenvalue weighted by atomic mass is 31.1. The molecule has 154 valence electrons. The van der Waals surface area contributed by atoms with Crippen molar-refractivity contribution in [1.29, 1.82) is 0 Å².